The summed E-state index contributed by atoms with van der Waals surface area (Å²) in [5.41, 5.74) is 1.31. The Kier molecular flexibility index (Phi) is 10.7. The second kappa shape index (κ2) is 14.2. The van der Waals surface area contributed by atoms with E-state index in [1.807, 2.05) is 30.3 Å². The molecule has 1 atom stereocenters. The Bertz CT molecular complexity index is 1710. The van der Waals surface area contributed by atoms with Gasteiger partial charge in [-0.25, -0.2) is 12.8 Å². The summed E-state index contributed by atoms with van der Waals surface area (Å²) in [7, 11) is -2.89. The Labute approximate surface area is 264 Å². The summed E-state index contributed by atoms with van der Waals surface area (Å²) >= 11 is 18.4. The van der Waals surface area contributed by atoms with E-state index in [1.165, 1.54) is 30.1 Å². The Morgan fingerprint density at radius 3 is 2.07 bits per heavy atom. The summed E-state index contributed by atoms with van der Waals surface area (Å²) in [4.78, 5) is 28.7. The fourth-order valence-electron chi connectivity index (χ4n) is 4.44. The van der Waals surface area contributed by atoms with Crippen molar-refractivity contribution in [3.63, 3.8) is 0 Å². The molecule has 0 heterocycles. The summed E-state index contributed by atoms with van der Waals surface area (Å²) in [6.45, 7) is -0.813. The molecule has 4 rings (SSSR count). The Morgan fingerprint density at radius 1 is 0.814 bits per heavy atom. The van der Waals surface area contributed by atoms with Gasteiger partial charge in [0.15, 0.2) is 0 Å². The zero-order valence-corrected chi connectivity index (χ0v) is 26.0. The van der Waals surface area contributed by atoms with Crippen molar-refractivity contribution in [3.05, 3.63) is 129 Å². The van der Waals surface area contributed by atoms with Gasteiger partial charge in [-0.3, -0.25) is 13.9 Å². The van der Waals surface area contributed by atoms with Crippen molar-refractivity contribution in [3.8, 4) is 0 Å². The van der Waals surface area contributed by atoms with Crippen LogP contribution in [0.15, 0.2) is 102 Å². The van der Waals surface area contributed by atoms with E-state index in [2.05, 4.69) is 5.32 Å². The van der Waals surface area contributed by atoms with Crippen LogP contribution in [0.1, 0.15) is 11.1 Å². The number of halogens is 4. The van der Waals surface area contributed by atoms with Crippen LogP contribution in [-0.2, 0) is 32.6 Å². The minimum absolute atomic E-state index is 0.0300. The summed E-state index contributed by atoms with van der Waals surface area (Å²) in [5.74, 6) is -1.91. The van der Waals surface area contributed by atoms with Crippen molar-refractivity contribution in [1.82, 2.24) is 10.2 Å². The highest BCUT2D eigenvalue weighted by Gasteiger charge is 2.34. The van der Waals surface area contributed by atoms with Crippen molar-refractivity contribution < 1.29 is 22.4 Å². The van der Waals surface area contributed by atoms with E-state index in [9.17, 15) is 22.4 Å². The number of benzene rings is 4. The van der Waals surface area contributed by atoms with Gasteiger partial charge in [0.1, 0.15) is 18.4 Å². The molecule has 1 N–H and O–H groups in total. The van der Waals surface area contributed by atoms with E-state index in [4.69, 9.17) is 34.8 Å². The second-order valence-corrected chi connectivity index (χ2v) is 12.6. The fraction of sp³-hybridized carbons (Fsp3) is 0.161. The van der Waals surface area contributed by atoms with Crippen LogP contribution in [0.5, 0.6) is 0 Å². The van der Waals surface area contributed by atoms with Gasteiger partial charge in [-0.2, -0.15) is 0 Å². The maximum absolute atomic E-state index is 14.2. The largest absolute Gasteiger partial charge is 0.357 e. The molecular weight excluding hydrogens is 636 g/mol. The molecule has 0 unspecified atom stereocenters. The monoisotopic (exact) mass is 661 g/mol. The first-order chi connectivity index (χ1) is 20.5. The SMILES string of the molecule is CNC(=O)[C@@H](Cc1ccccc1)N(Cc1ccc(Cl)c(Cl)c1)C(=O)CN(c1ccc(F)c(Cl)c1)S(=O)(=O)c1ccccc1. The van der Waals surface area contributed by atoms with Gasteiger partial charge in [-0.15, -0.1) is 0 Å². The van der Waals surface area contributed by atoms with Gasteiger partial charge >= 0.3 is 0 Å². The van der Waals surface area contributed by atoms with Gasteiger partial charge in [0.25, 0.3) is 10.0 Å². The number of hydrogen-bond acceptors (Lipinski definition) is 4. The molecule has 0 aliphatic rings. The molecule has 2 amide bonds. The quantitative estimate of drug-likeness (QED) is 0.202. The van der Waals surface area contributed by atoms with Crippen LogP contribution in [0.25, 0.3) is 0 Å². The fourth-order valence-corrected chi connectivity index (χ4v) is 6.37. The third kappa shape index (κ3) is 7.86. The van der Waals surface area contributed by atoms with E-state index >= 15 is 0 Å². The van der Waals surface area contributed by atoms with Gasteiger partial charge in [0, 0.05) is 20.0 Å². The van der Waals surface area contributed by atoms with Crippen molar-refractivity contribution in [1.29, 1.82) is 0 Å². The highest BCUT2D eigenvalue weighted by molar-refractivity contribution is 7.92. The Morgan fingerprint density at radius 2 is 1.47 bits per heavy atom. The number of nitrogens with zero attached hydrogens (tertiary/aromatic N) is 2. The number of carbonyl (C=O) groups is 2. The Balaban J connectivity index is 1.81. The molecule has 4 aromatic carbocycles. The van der Waals surface area contributed by atoms with Crippen molar-refractivity contribution in [2.75, 3.05) is 17.9 Å². The average molecular weight is 663 g/mol. The standard InChI is InChI=1S/C31H27Cl3FN3O4S/c1-36-31(40)29(17-21-8-4-2-5-9-21)37(19-22-12-14-25(32)26(33)16-22)30(39)20-38(23-13-15-28(35)27(34)18-23)43(41,42)24-10-6-3-7-11-24/h2-16,18,29H,17,19-20H2,1H3,(H,36,40)/t29-/m1/s1. The van der Waals surface area contributed by atoms with Crippen LogP contribution in [0.3, 0.4) is 0 Å². The minimum Gasteiger partial charge on any atom is -0.357 e. The van der Waals surface area contributed by atoms with Crippen LogP contribution in [0.2, 0.25) is 15.1 Å². The van der Waals surface area contributed by atoms with Gasteiger partial charge < -0.3 is 10.2 Å². The van der Waals surface area contributed by atoms with E-state index < -0.39 is 40.2 Å². The number of hydrogen-bond donors (Lipinski definition) is 1. The van der Waals surface area contributed by atoms with E-state index in [0.717, 1.165) is 22.0 Å². The number of amides is 2. The molecule has 0 fully saturated rings. The molecule has 0 aliphatic carbocycles. The molecule has 4 aromatic rings. The maximum atomic E-state index is 14.2. The highest BCUT2D eigenvalue weighted by atomic mass is 35.5. The number of nitrogens with one attached hydrogen (secondary N) is 1. The smallest absolute Gasteiger partial charge is 0.264 e. The van der Waals surface area contributed by atoms with Crippen molar-refractivity contribution in [2.24, 2.45) is 0 Å². The van der Waals surface area contributed by atoms with Gasteiger partial charge in [-0.1, -0.05) is 89.4 Å². The lowest BCUT2D eigenvalue weighted by atomic mass is 10.0. The van der Waals surface area contributed by atoms with E-state index in [-0.39, 0.29) is 33.6 Å². The molecule has 224 valence electrons. The van der Waals surface area contributed by atoms with Gasteiger partial charge in [-0.05, 0) is 53.6 Å². The molecule has 0 aliphatic heterocycles. The highest BCUT2D eigenvalue weighted by Crippen LogP contribution is 2.29. The molecule has 0 saturated carbocycles. The average Bonchev–Trinajstić information content (AvgIpc) is 3.01. The van der Waals surface area contributed by atoms with E-state index in [0.29, 0.717) is 10.6 Å². The molecule has 0 spiro atoms. The van der Waals surface area contributed by atoms with Crippen LogP contribution in [0, 0.1) is 5.82 Å². The first kappa shape index (κ1) is 32.3. The van der Waals surface area contributed by atoms with Crippen molar-refractivity contribution in [2.45, 2.75) is 23.9 Å². The lowest BCUT2D eigenvalue weighted by Gasteiger charge is -2.33. The first-order valence-electron chi connectivity index (χ1n) is 13.0. The Hall–Kier alpha value is -3.63. The predicted octanol–water partition coefficient (Wildman–Crippen LogP) is 6.37. The molecule has 7 nitrogen and oxygen atoms in total. The van der Waals surface area contributed by atoms with Crippen LogP contribution < -0.4 is 9.62 Å². The van der Waals surface area contributed by atoms with Crippen LogP contribution >= 0.6 is 34.8 Å². The number of sulfonamides is 1. The summed E-state index contributed by atoms with van der Waals surface area (Å²) in [6.07, 6.45) is 0.140. The lowest BCUT2D eigenvalue weighted by molar-refractivity contribution is -0.139. The minimum atomic E-state index is -4.34. The van der Waals surface area contributed by atoms with Crippen molar-refractivity contribution >= 4 is 62.3 Å². The number of rotatable bonds is 11. The predicted molar refractivity (Wildman–Crippen MR) is 167 cm³/mol. The lowest BCUT2D eigenvalue weighted by Crippen LogP contribution is -2.53. The molecule has 0 aromatic heterocycles. The van der Waals surface area contributed by atoms with E-state index in [1.54, 1.807) is 36.4 Å². The number of carbonyl (C=O) groups excluding carboxylic acids is 2. The van der Waals surface area contributed by atoms with Gasteiger partial charge in [0.2, 0.25) is 11.8 Å². The zero-order chi connectivity index (χ0) is 31.1. The summed E-state index contributed by atoms with van der Waals surface area (Å²) < 4.78 is 42.7. The summed E-state index contributed by atoms with van der Waals surface area (Å²) in [5, 5.41) is 2.85. The van der Waals surface area contributed by atoms with Crippen LogP contribution in [0.4, 0.5) is 10.1 Å². The third-order valence-corrected chi connectivity index (χ3v) is 9.47. The maximum Gasteiger partial charge on any atom is 0.264 e. The van der Waals surface area contributed by atoms with Crippen LogP contribution in [-0.4, -0.2) is 44.8 Å². The van der Waals surface area contributed by atoms with Gasteiger partial charge in [0.05, 0.1) is 25.7 Å². The topological polar surface area (TPSA) is 86.8 Å². The first-order valence-corrected chi connectivity index (χ1v) is 15.6. The summed E-state index contributed by atoms with van der Waals surface area (Å²) in [6, 6.07) is 23.8. The second-order valence-electron chi connectivity index (χ2n) is 9.51. The molecule has 12 heteroatoms. The third-order valence-electron chi connectivity index (χ3n) is 6.66. The molecule has 43 heavy (non-hydrogen) atoms. The molecule has 0 bridgehead atoms. The zero-order valence-electron chi connectivity index (χ0n) is 22.9. The molecular formula is C31H27Cl3FN3O4S. The normalized spacial score (nSPS) is 11.9. The number of likely N-dealkylation sites (N-methyl/N-ethyl adjacent to an activating group) is 1. The number of anilines is 1. The molecule has 0 radical (unpaired) electrons. The molecule has 0 saturated heterocycles.